The van der Waals surface area contributed by atoms with Crippen molar-refractivity contribution in [1.29, 1.82) is 0 Å². The SMILES string of the molecule is COCCN=C(N)SCc1nc2scc(-c3ccc(F)cc3)c2c(=O)[nH]1. The van der Waals surface area contributed by atoms with Gasteiger partial charge in [-0.2, -0.15) is 0 Å². The van der Waals surface area contributed by atoms with Crippen LogP contribution in [0.1, 0.15) is 5.82 Å². The van der Waals surface area contributed by atoms with Crippen LogP contribution in [0.2, 0.25) is 0 Å². The topological polar surface area (TPSA) is 93.4 Å². The lowest BCUT2D eigenvalue weighted by molar-refractivity contribution is 0.208. The summed E-state index contributed by atoms with van der Waals surface area (Å²) in [6, 6.07) is 6.04. The molecule has 0 fully saturated rings. The quantitative estimate of drug-likeness (QED) is 0.382. The van der Waals surface area contributed by atoms with Crippen molar-refractivity contribution in [2.24, 2.45) is 10.7 Å². The highest BCUT2D eigenvalue weighted by molar-refractivity contribution is 8.13. The number of hydrogen-bond acceptors (Lipinski definition) is 6. The Labute approximate surface area is 157 Å². The van der Waals surface area contributed by atoms with Crippen LogP contribution in [0.5, 0.6) is 0 Å². The van der Waals surface area contributed by atoms with E-state index in [2.05, 4.69) is 15.0 Å². The summed E-state index contributed by atoms with van der Waals surface area (Å²) < 4.78 is 18.0. The molecule has 0 spiro atoms. The molecule has 0 saturated heterocycles. The molecule has 0 aliphatic heterocycles. The molecule has 3 rings (SSSR count). The van der Waals surface area contributed by atoms with Crippen LogP contribution >= 0.6 is 23.1 Å². The number of ether oxygens (including phenoxy) is 1. The molecule has 0 aliphatic rings. The number of methoxy groups -OCH3 is 1. The molecule has 136 valence electrons. The van der Waals surface area contributed by atoms with Gasteiger partial charge in [0.1, 0.15) is 16.5 Å². The third kappa shape index (κ3) is 4.29. The molecule has 1 aromatic carbocycles. The zero-order valence-electron chi connectivity index (χ0n) is 14.0. The molecule has 0 amide bonds. The number of thiophene rings is 1. The number of rotatable bonds is 6. The first kappa shape index (κ1) is 18.6. The van der Waals surface area contributed by atoms with Crippen LogP contribution < -0.4 is 11.3 Å². The number of hydrogen-bond donors (Lipinski definition) is 2. The van der Waals surface area contributed by atoms with Gasteiger partial charge in [-0.05, 0) is 17.7 Å². The fourth-order valence-corrected chi connectivity index (χ4v) is 3.91. The van der Waals surface area contributed by atoms with Gasteiger partial charge in [0.15, 0.2) is 5.17 Å². The maximum Gasteiger partial charge on any atom is 0.260 e. The molecule has 3 N–H and O–H groups in total. The van der Waals surface area contributed by atoms with E-state index in [1.165, 1.54) is 35.2 Å². The van der Waals surface area contributed by atoms with E-state index in [0.29, 0.717) is 40.1 Å². The van der Waals surface area contributed by atoms with E-state index in [4.69, 9.17) is 10.5 Å². The lowest BCUT2D eigenvalue weighted by Gasteiger charge is -2.03. The first-order valence-electron chi connectivity index (χ1n) is 7.76. The normalized spacial score (nSPS) is 12.0. The number of fused-ring (bicyclic) bond motifs is 1. The minimum atomic E-state index is -0.315. The predicted molar refractivity (Wildman–Crippen MR) is 105 cm³/mol. The van der Waals surface area contributed by atoms with Crippen molar-refractivity contribution >= 4 is 38.5 Å². The second-order valence-corrected chi connectivity index (χ2v) is 7.20. The van der Waals surface area contributed by atoms with Gasteiger partial charge in [0.25, 0.3) is 5.56 Å². The fourth-order valence-electron chi connectivity index (χ4n) is 2.34. The van der Waals surface area contributed by atoms with E-state index >= 15 is 0 Å². The predicted octanol–water partition coefficient (Wildman–Crippen LogP) is 2.99. The lowest BCUT2D eigenvalue weighted by Crippen LogP contribution is -2.13. The number of nitrogens with one attached hydrogen (secondary N) is 1. The third-order valence-electron chi connectivity index (χ3n) is 3.57. The second-order valence-electron chi connectivity index (χ2n) is 5.35. The summed E-state index contributed by atoms with van der Waals surface area (Å²) in [5, 5.41) is 2.79. The summed E-state index contributed by atoms with van der Waals surface area (Å²) in [6.07, 6.45) is 0. The Morgan fingerprint density at radius 3 is 2.92 bits per heavy atom. The molecule has 9 heteroatoms. The number of nitrogens with two attached hydrogens (primary N) is 1. The number of aliphatic imine (C=N–C) groups is 1. The van der Waals surface area contributed by atoms with Crippen molar-refractivity contribution in [3.8, 4) is 11.1 Å². The number of benzene rings is 1. The first-order chi connectivity index (χ1) is 12.6. The van der Waals surface area contributed by atoms with Crippen LogP contribution in [0.15, 0.2) is 39.4 Å². The Bertz CT molecular complexity index is 983. The number of thioether (sulfide) groups is 1. The Balaban J connectivity index is 1.82. The summed E-state index contributed by atoms with van der Waals surface area (Å²) in [7, 11) is 1.60. The monoisotopic (exact) mass is 392 g/mol. The minimum absolute atomic E-state index is 0.221. The maximum atomic E-state index is 13.1. The molecular weight excluding hydrogens is 375 g/mol. The van der Waals surface area contributed by atoms with Crippen LogP contribution in [0.3, 0.4) is 0 Å². The fraction of sp³-hybridized carbons (Fsp3) is 0.235. The number of nitrogens with zero attached hydrogens (tertiary/aromatic N) is 2. The lowest BCUT2D eigenvalue weighted by atomic mass is 10.1. The van der Waals surface area contributed by atoms with Crippen molar-refractivity contribution in [3.63, 3.8) is 0 Å². The van der Waals surface area contributed by atoms with Crippen LogP contribution in [-0.4, -0.2) is 35.4 Å². The van der Waals surface area contributed by atoms with Gasteiger partial charge < -0.3 is 15.5 Å². The minimum Gasteiger partial charge on any atom is -0.383 e. The van der Waals surface area contributed by atoms with E-state index in [1.54, 1.807) is 19.2 Å². The molecule has 26 heavy (non-hydrogen) atoms. The summed E-state index contributed by atoms with van der Waals surface area (Å²) in [5.41, 5.74) is 7.12. The van der Waals surface area contributed by atoms with Crippen molar-refractivity contribution in [3.05, 3.63) is 51.6 Å². The molecule has 6 nitrogen and oxygen atoms in total. The largest absolute Gasteiger partial charge is 0.383 e. The van der Waals surface area contributed by atoms with Gasteiger partial charge in [-0.3, -0.25) is 9.79 Å². The molecule has 0 aliphatic carbocycles. The van der Waals surface area contributed by atoms with Gasteiger partial charge in [-0.1, -0.05) is 23.9 Å². The summed E-state index contributed by atoms with van der Waals surface area (Å²) in [5.74, 6) is 0.631. The molecule has 0 unspecified atom stereocenters. The number of amidine groups is 1. The summed E-state index contributed by atoms with van der Waals surface area (Å²) in [4.78, 5) is 24.6. The highest BCUT2D eigenvalue weighted by Gasteiger charge is 2.13. The van der Waals surface area contributed by atoms with Crippen LogP contribution in [0.4, 0.5) is 4.39 Å². The number of aromatic amines is 1. The van der Waals surface area contributed by atoms with Gasteiger partial charge in [0.2, 0.25) is 0 Å². The number of aromatic nitrogens is 2. The molecule has 0 saturated carbocycles. The standard InChI is InChI=1S/C17H17FN4O2S2/c1-24-7-6-20-17(19)26-9-13-21-15(23)14-12(8-25-16(14)22-13)10-2-4-11(18)5-3-10/h2-5,8H,6-7,9H2,1H3,(H2,19,20)(H,21,22,23). The van der Waals surface area contributed by atoms with Crippen molar-refractivity contribution in [2.45, 2.75) is 5.75 Å². The van der Waals surface area contributed by atoms with Gasteiger partial charge >= 0.3 is 0 Å². The molecule has 0 atom stereocenters. The average molecular weight is 392 g/mol. The molecular formula is C17H17FN4O2S2. The highest BCUT2D eigenvalue weighted by atomic mass is 32.2. The van der Waals surface area contributed by atoms with Gasteiger partial charge in [0, 0.05) is 18.1 Å². The van der Waals surface area contributed by atoms with Crippen molar-refractivity contribution in [1.82, 2.24) is 9.97 Å². The molecule has 0 bridgehead atoms. The smallest absolute Gasteiger partial charge is 0.260 e. The van der Waals surface area contributed by atoms with E-state index in [-0.39, 0.29) is 11.4 Å². The zero-order chi connectivity index (χ0) is 18.5. The molecule has 3 aromatic rings. The molecule has 2 aromatic heterocycles. The van der Waals surface area contributed by atoms with E-state index in [1.807, 2.05) is 5.38 Å². The second kappa shape index (κ2) is 8.43. The van der Waals surface area contributed by atoms with Gasteiger partial charge in [-0.25, -0.2) is 9.37 Å². The molecule has 0 radical (unpaired) electrons. The first-order valence-corrected chi connectivity index (χ1v) is 9.63. The highest BCUT2D eigenvalue weighted by Crippen LogP contribution is 2.30. The summed E-state index contributed by atoms with van der Waals surface area (Å²) >= 11 is 2.68. The van der Waals surface area contributed by atoms with Crippen LogP contribution in [0, 0.1) is 5.82 Å². The summed E-state index contributed by atoms with van der Waals surface area (Å²) in [6.45, 7) is 0.994. The third-order valence-corrected chi connectivity index (χ3v) is 5.28. The Morgan fingerprint density at radius 2 is 2.19 bits per heavy atom. The molecule has 2 heterocycles. The van der Waals surface area contributed by atoms with Crippen LogP contribution in [-0.2, 0) is 10.5 Å². The Hall–Kier alpha value is -2.23. The van der Waals surface area contributed by atoms with Crippen molar-refractivity contribution in [2.75, 3.05) is 20.3 Å². The van der Waals surface area contributed by atoms with Gasteiger partial charge in [0.05, 0.1) is 24.3 Å². The van der Waals surface area contributed by atoms with E-state index in [0.717, 1.165) is 11.1 Å². The van der Waals surface area contributed by atoms with E-state index < -0.39 is 0 Å². The number of halogens is 1. The maximum absolute atomic E-state index is 13.1. The Morgan fingerprint density at radius 1 is 1.42 bits per heavy atom. The van der Waals surface area contributed by atoms with Gasteiger partial charge in [-0.15, -0.1) is 11.3 Å². The number of H-pyrrole nitrogens is 1. The zero-order valence-corrected chi connectivity index (χ0v) is 15.6. The van der Waals surface area contributed by atoms with Crippen molar-refractivity contribution < 1.29 is 9.13 Å². The average Bonchev–Trinajstić information content (AvgIpc) is 3.05. The van der Waals surface area contributed by atoms with Crippen LogP contribution in [0.25, 0.3) is 21.3 Å². The van der Waals surface area contributed by atoms with E-state index in [9.17, 15) is 9.18 Å². The Kier molecular flexibility index (Phi) is 6.02.